The lowest BCUT2D eigenvalue weighted by Crippen LogP contribution is -2.58. The first-order valence-electron chi connectivity index (χ1n) is 9.25. The molecule has 1 aromatic heterocycles. The van der Waals surface area contributed by atoms with E-state index in [4.69, 9.17) is 17.3 Å². The zero-order valence-corrected chi connectivity index (χ0v) is 18.1. The van der Waals surface area contributed by atoms with Gasteiger partial charge in [-0.2, -0.15) is 0 Å². The van der Waals surface area contributed by atoms with Crippen LogP contribution in [0.2, 0.25) is 5.02 Å². The number of benzene rings is 1. The molecule has 3 rings (SSSR count). The fourth-order valence-electron chi connectivity index (χ4n) is 3.52. The third-order valence-electron chi connectivity index (χ3n) is 5.75. The molecule has 9 heteroatoms. The van der Waals surface area contributed by atoms with Crippen LogP contribution in [0.25, 0.3) is 0 Å². The van der Waals surface area contributed by atoms with Gasteiger partial charge in [-0.05, 0) is 57.5 Å². The van der Waals surface area contributed by atoms with E-state index in [1.807, 2.05) is 0 Å². The van der Waals surface area contributed by atoms with Gasteiger partial charge in [-0.25, -0.2) is 14.4 Å². The van der Waals surface area contributed by atoms with E-state index >= 15 is 0 Å². The highest BCUT2D eigenvalue weighted by Gasteiger charge is 2.53. The molecule has 2 heterocycles. The second kappa shape index (κ2) is 7.36. The number of aromatic nitrogens is 1. The molecule has 2 aromatic rings. The molecule has 0 radical (unpaired) electrons. The minimum atomic E-state index is -1.28. The standard InChI is InChI=1S/C21H23ClFN5O2/c1-11-8-12(22)10-25-16(11)17(29)26-13-6-7-15(23)14(9-13)21(4)20(2,3)18(30)28(5)19(24)27-21/h6-10H,1-5H3,(H2,24,27)(H,26,29)/t21-/m1/s1. The van der Waals surface area contributed by atoms with Gasteiger partial charge in [0.2, 0.25) is 5.91 Å². The molecule has 0 saturated carbocycles. The predicted octanol–water partition coefficient (Wildman–Crippen LogP) is 3.46. The Morgan fingerprint density at radius 1 is 1.27 bits per heavy atom. The number of pyridine rings is 1. The Morgan fingerprint density at radius 3 is 2.57 bits per heavy atom. The average Bonchev–Trinajstić information content (AvgIpc) is 2.66. The van der Waals surface area contributed by atoms with E-state index in [1.54, 1.807) is 33.8 Å². The molecule has 2 amide bonds. The van der Waals surface area contributed by atoms with Crippen LogP contribution in [0, 0.1) is 18.2 Å². The molecule has 1 aliphatic heterocycles. The quantitative estimate of drug-likeness (QED) is 0.777. The number of aliphatic imine (C=N–C) groups is 1. The molecule has 0 fully saturated rings. The van der Waals surface area contributed by atoms with Crippen molar-refractivity contribution in [3.63, 3.8) is 0 Å². The number of halogens is 2. The number of nitrogens with two attached hydrogens (primary N) is 1. The van der Waals surface area contributed by atoms with Crippen LogP contribution in [-0.2, 0) is 10.3 Å². The SMILES string of the molecule is Cc1cc(Cl)cnc1C(=O)Nc1ccc(F)c([C@@]2(C)N=C(N)N(C)C(=O)C2(C)C)c1. The van der Waals surface area contributed by atoms with Gasteiger partial charge in [0.1, 0.15) is 17.1 Å². The van der Waals surface area contributed by atoms with E-state index in [0.717, 1.165) is 0 Å². The van der Waals surface area contributed by atoms with Gasteiger partial charge in [0.15, 0.2) is 5.96 Å². The van der Waals surface area contributed by atoms with E-state index in [2.05, 4.69) is 15.3 Å². The van der Waals surface area contributed by atoms with Crippen LogP contribution in [0.1, 0.15) is 42.4 Å². The van der Waals surface area contributed by atoms with Crippen LogP contribution in [0.4, 0.5) is 10.1 Å². The molecular formula is C21H23ClFN5O2. The smallest absolute Gasteiger partial charge is 0.274 e. The highest BCUT2D eigenvalue weighted by atomic mass is 35.5. The van der Waals surface area contributed by atoms with Crippen molar-refractivity contribution in [2.24, 2.45) is 16.1 Å². The normalized spacial score (nSPS) is 20.7. The number of rotatable bonds is 3. The molecule has 1 aliphatic rings. The lowest BCUT2D eigenvalue weighted by molar-refractivity contribution is -0.140. The number of aryl methyl sites for hydroxylation is 1. The van der Waals surface area contributed by atoms with Gasteiger partial charge in [-0.1, -0.05) is 11.6 Å². The summed E-state index contributed by atoms with van der Waals surface area (Å²) in [6.45, 7) is 6.75. The molecule has 0 saturated heterocycles. The maximum Gasteiger partial charge on any atom is 0.274 e. The summed E-state index contributed by atoms with van der Waals surface area (Å²) in [7, 11) is 1.52. The van der Waals surface area contributed by atoms with Crippen LogP contribution in [0.15, 0.2) is 35.5 Å². The molecule has 30 heavy (non-hydrogen) atoms. The van der Waals surface area contributed by atoms with E-state index in [9.17, 15) is 14.0 Å². The number of nitrogens with one attached hydrogen (secondary N) is 1. The monoisotopic (exact) mass is 431 g/mol. The highest BCUT2D eigenvalue weighted by Crippen LogP contribution is 2.47. The first-order valence-corrected chi connectivity index (χ1v) is 9.63. The van der Waals surface area contributed by atoms with Gasteiger partial charge in [-0.3, -0.25) is 14.5 Å². The summed E-state index contributed by atoms with van der Waals surface area (Å²) in [4.78, 5) is 35.2. The minimum absolute atomic E-state index is 0.00310. The summed E-state index contributed by atoms with van der Waals surface area (Å²) in [5.41, 5.74) is 4.86. The number of carbonyl (C=O) groups excluding carboxylic acids is 2. The van der Waals surface area contributed by atoms with Crippen molar-refractivity contribution < 1.29 is 14.0 Å². The van der Waals surface area contributed by atoms with Gasteiger partial charge < -0.3 is 11.1 Å². The van der Waals surface area contributed by atoms with Crippen LogP contribution in [0.5, 0.6) is 0 Å². The van der Waals surface area contributed by atoms with Gasteiger partial charge >= 0.3 is 0 Å². The summed E-state index contributed by atoms with van der Waals surface area (Å²) >= 11 is 5.89. The summed E-state index contributed by atoms with van der Waals surface area (Å²) in [6, 6.07) is 5.76. The Morgan fingerprint density at radius 2 is 1.93 bits per heavy atom. The lowest BCUT2D eigenvalue weighted by atomic mass is 9.67. The Labute approximate surface area is 179 Å². The third kappa shape index (κ3) is 3.41. The van der Waals surface area contributed by atoms with Gasteiger partial charge in [0.05, 0.1) is 10.4 Å². The van der Waals surface area contributed by atoms with E-state index < -0.39 is 22.7 Å². The maximum absolute atomic E-state index is 14.9. The molecule has 158 valence electrons. The summed E-state index contributed by atoms with van der Waals surface area (Å²) in [6.07, 6.45) is 1.38. The van der Waals surface area contributed by atoms with Crippen LogP contribution < -0.4 is 11.1 Å². The van der Waals surface area contributed by atoms with E-state index in [-0.39, 0.29) is 23.1 Å². The molecule has 0 unspecified atom stereocenters. The van der Waals surface area contributed by atoms with Gasteiger partial charge in [0.25, 0.3) is 5.91 Å². The number of hydrogen-bond acceptors (Lipinski definition) is 5. The predicted molar refractivity (Wildman–Crippen MR) is 114 cm³/mol. The third-order valence-corrected chi connectivity index (χ3v) is 5.95. The van der Waals surface area contributed by atoms with Crippen molar-refractivity contribution in [3.05, 3.63) is 58.1 Å². The number of carbonyl (C=O) groups is 2. The molecule has 0 spiro atoms. The Balaban J connectivity index is 2.03. The Kier molecular flexibility index (Phi) is 5.32. The summed E-state index contributed by atoms with van der Waals surface area (Å²) in [5, 5.41) is 3.14. The van der Waals surface area contributed by atoms with Crippen molar-refractivity contribution in [1.82, 2.24) is 9.88 Å². The van der Waals surface area contributed by atoms with Crippen LogP contribution in [-0.4, -0.2) is 34.7 Å². The van der Waals surface area contributed by atoms with Crippen molar-refractivity contribution in [3.8, 4) is 0 Å². The van der Waals surface area contributed by atoms with Crippen LogP contribution in [0.3, 0.4) is 0 Å². The van der Waals surface area contributed by atoms with Crippen molar-refractivity contribution in [2.75, 3.05) is 12.4 Å². The maximum atomic E-state index is 14.9. The zero-order chi connectivity index (χ0) is 22.4. The number of hydrogen-bond donors (Lipinski definition) is 2. The number of nitrogens with zero attached hydrogens (tertiary/aromatic N) is 3. The van der Waals surface area contributed by atoms with Gasteiger partial charge in [-0.15, -0.1) is 0 Å². The largest absolute Gasteiger partial charge is 0.369 e. The van der Waals surface area contributed by atoms with Crippen molar-refractivity contribution >= 4 is 35.1 Å². The molecule has 7 nitrogen and oxygen atoms in total. The molecule has 0 bridgehead atoms. The fourth-order valence-corrected chi connectivity index (χ4v) is 3.73. The second-order valence-corrected chi connectivity index (χ2v) is 8.44. The second-order valence-electron chi connectivity index (χ2n) is 8.00. The lowest BCUT2D eigenvalue weighted by Gasteiger charge is -2.46. The first kappa shape index (κ1) is 21.7. The molecule has 1 aromatic carbocycles. The van der Waals surface area contributed by atoms with Crippen molar-refractivity contribution in [1.29, 1.82) is 0 Å². The van der Waals surface area contributed by atoms with Crippen LogP contribution >= 0.6 is 11.6 Å². The molecular weight excluding hydrogens is 409 g/mol. The Bertz CT molecular complexity index is 1090. The summed E-state index contributed by atoms with van der Waals surface area (Å²) < 4.78 is 14.9. The van der Waals surface area contributed by atoms with Crippen molar-refractivity contribution in [2.45, 2.75) is 33.2 Å². The van der Waals surface area contributed by atoms with Gasteiger partial charge in [0, 0.05) is 24.5 Å². The molecule has 1 atom stereocenters. The number of amides is 2. The average molecular weight is 432 g/mol. The zero-order valence-electron chi connectivity index (χ0n) is 17.4. The number of anilines is 1. The topological polar surface area (TPSA) is 101 Å². The fraction of sp³-hybridized carbons (Fsp3) is 0.333. The molecule has 3 N–H and O–H groups in total. The number of guanidine groups is 1. The highest BCUT2D eigenvalue weighted by molar-refractivity contribution is 6.30. The van der Waals surface area contributed by atoms with E-state index in [1.165, 1.54) is 36.3 Å². The minimum Gasteiger partial charge on any atom is -0.369 e. The Hall–Kier alpha value is -3.00. The molecule has 0 aliphatic carbocycles. The first-order chi connectivity index (χ1) is 13.9. The summed E-state index contributed by atoms with van der Waals surface area (Å²) in [5.74, 6) is -1.31. The van der Waals surface area contributed by atoms with E-state index in [0.29, 0.717) is 16.3 Å².